The van der Waals surface area contributed by atoms with E-state index in [2.05, 4.69) is 16.3 Å². The minimum absolute atomic E-state index is 0.0354. The van der Waals surface area contributed by atoms with Crippen molar-refractivity contribution in [1.82, 2.24) is 4.98 Å². The SMILES string of the molecule is CC.Cc1cc2c(nc1-c1cccc(C(F)F)c1)NC1CCN2C1. The van der Waals surface area contributed by atoms with E-state index in [4.69, 9.17) is 4.98 Å². The predicted octanol–water partition coefficient (Wildman–Crippen LogP) is 5.03. The number of benzene rings is 1. The Kier molecular flexibility index (Phi) is 4.69. The Labute approximate surface area is 141 Å². The smallest absolute Gasteiger partial charge is 0.263 e. The molecule has 1 saturated heterocycles. The van der Waals surface area contributed by atoms with Crippen molar-refractivity contribution in [1.29, 1.82) is 0 Å². The lowest BCUT2D eigenvalue weighted by molar-refractivity contribution is 0.151. The first-order valence-electron chi connectivity index (χ1n) is 8.53. The zero-order valence-corrected chi connectivity index (χ0v) is 14.3. The second kappa shape index (κ2) is 6.75. The number of alkyl halides is 2. The number of halogens is 2. The van der Waals surface area contributed by atoms with Crippen molar-refractivity contribution in [2.24, 2.45) is 0 Å². The van der Waals surface area contributed by atoms with Gasteiger partial charge in [0, 0.05) is 30.3 Å². The van der Waals surface area contributed by atoms with Crippen LogP contribution in [0.1, 0.15) is 37.8 Å². The van der Waals surface area contributed by atoms with E-state index in [1.54, 1.807) is 6.07 Å². The monoisotopic (exact) mass is 331 g/mol. The molecule has 2 aliphatic heterocycles. The van der Waals surface area contributed by atoms with E-state index >= 15 is 0 Å². The standard InChI is InChI=1S/C17H17F2N3.C2H6/c1-10-7-14-17(20-13-5-6-22(14)9-13)21-15(10)11-3-2-4-12(8-11)16(18)19;1-2/h2-4,7-8,13,16H,5-6,9H2,1H3,(H,20,21);1-2H3. The van der Waals surface area contributed by atoms with Gasteiger partial charge in [-0.2, -0.15) is 0 Å². The highest BCUT2D eigenvalue weighted by molar-refractivity contribution is 5.77. The Bertz CT molecular complexity index is 731. The van der Waals surface area contributed by atoms with Gasteiger partial charge in [-0.15, -0.1) is 0 Å². The molecule has 5 heteroatoms. The van der Waals surface area contributed by atoms with Crippen LogP contribution in [0.25, 0.3) is 11.3 Å². The molecule has 0 radical (unpaired) electrons. The van der Waals surface area contributed by atoms with Gasteiger partial charge in [-0.25, -0.2) is 13.8 Å². The summed E-state index contributed by atoms with van der Waals surface area (Å²) in [5, 5.41) is 3.46. The van der Waals surface area contributed by atoms with E-state index < -0.39 is 6.43 Å². The van der Waals surface area contributed by atoms with Crippen molar-refractivity contribution in [3.8, 4) is 11.3 Å². The number of nitrogens with one attached hydrogen (secondary N) is 1. The molecule has 4 rings (SSSR count). The molecule has 3 heterocycles. The molecule has 2 aromatic rings. The molecule has 128 valence electrons. The molecule has 0 spiro atoms. The van der Waals surface area contributed by atoms with Crippen LogP contribution < -0.4 is 10.2 Å². The highest BCUT2D eigenvalue weighted by Crippen LogP contribution is 2.38. The number of hydrogen-bond acceptors (Lipinski definition) is 3. The number of rotatable bonds is 2. The van der Waals surface area contributed by atoms with Crippen LogP contribution >= 0.6 is 0 Å². The van der Waals surface area contributed by atoms with E-state index in [1.165, 1.54) is 12.1 Å². The second-order valence-electron chi connectivity index (χ2n) is 6.02. The summed E-state index contributed by atoms with van der Waals surface area (Å²) < 4.78 is 25.8. The van der Waals surface area contributed by atoms with Crippen molar-refractivity contribution in [3.05, 3.63) is 41.5 Å². The summed E-state index contributed by atoms with van der Waals surface area (Å²) in [6.07, 6.45) is -1.34. The number of fused-ring (bicyclic) bond motifs is 4. The molecule has 3 nitrogen and oxygen atoms in total. The number of aromatic nitrogens is 1. The van der Waals surface area contributed by atoms with E-state index in [0.29, 0.717) is 6.04 Å². The van der Waals surface area contributed by atoms with E-state index in [0.717, 1.165) is 47.8 Å². The maximum Gasteiger partial charge on any atom is 0.263 e. The average molecular weight is 331 g/mol. The molecule has 24 heavy (non-hydrogen) atoms. The number of nitrogens with zero attached hydrogens (tertiary/aromatic N) is 2. The summed E-state index contributed by atoms with van der Waals surface area (Å²) in [4.78, 5) is 7.07. The molecule has 2 bridgehead atoms. The van der Waals surface area contributed by atoms with Crippen LogP contribution in [-0.2, 0) is 0 Å². The van der Waals surface area contributed by atoms with Gasteiger partial charge in [-0.05, 0) is 31.0 Å². The fraction of sp³-hybridized carbons (Fsp3) is 0.421. The first-order chi connectivity index (χ1) is 11.6. The minimum Gasteiger partial charge on any atom is -0.366 e. The molecular weight excluding hydrogens is 308 g/mol. The van der Waals surface area contributed by atoms with Crippen LogP contribution in [0.2, 0.25) is 0 Å². The molecule has 1 N–H and O–H groups in total. The van der Waals surface area contributed by atoms with Crippen molar-refractivity contribution in [2.45, 2.75) is 39.7 Å². The third-order valence-corrected chi connectivity index (χ3v) is 4.47. The third kappa shape index (κ3) is 2.95. The van der Waals surface area contributed by atoms with Crippen molar-refractivity contribution in [3.63, 3.8) is 0 Å². The van der Waals surface area contributed by atoms with Crippen LogP contribution in [-0.4, -0.2) is 24.1 Å². The van der Waals surface area contributed by atoms with Gasteiger partial charge in [-0.3, -0.25) is 0 Å². The Morgan fingerprint density at radius 3 is 2.79 bits per heavy atom. The van der Waals surface area contributed by atoms with Crippen LogP contribution in [0.5, 0.6) is 0 Å². The lowest BCUT2D eigenvalue weighted by Gasteiger charge is -2.28. The first-order valence-corrected chi connectivity index (χ1v) is 8.53. The lowest BCUT2D eigenvalue weighted by atomic mass is 10.0. The predicted molar refractivity (Wildman–Crippen MR) is 95.0 cm³/mol. The molecule has 1 aromatic carbocycles. The quantitative estimate of drug-likeness (QED) is 0.837. The van der Waals surface area contributed by atoms with Gasteiger partial charge in [0.1, 0.15) is 0 Å². The van der Waals surface area contributed by atoms with Gasteiger partial charge in [0.15, 0.2) is 5.82 Å². The van der Waals surface area contributed by atoms with Crippen LogP contribution in [0.3, 0.4) is 0 Å². The van der Waals surface area contributed by atoms with E-state index in [9.17, 15) is 8.78 Å². The normalized spacial score (nSPS) is 17.9. The van der Waals surface area contributed by atoms with Gasteiger partial charge in [0.25, 0.3) is 6.43 Å². The highest BCUT2D eigenvalue weighted by atomic mass is 19.3. The summed E-state index contributed by atoms with van der Waals surface area (Å²) in [6.45, 7) is 8.06. The number of pyridine rings is 1. The second-order valence-corrected chi connectivity index (χ2v) is 6.02. The number of hydrogen-bond donors (Lipinski definition) is 1. The molecule has 1 unspecified atom stereocenters. The van der Waals surface area contributed by atoms with Crippen LogP contribution in [0.4, 0.5) is 20.3 Å². The largest absolute Gasteiger partial charge is 0.366 e. The summed E-state index contributed by atoms with van der Waals surface area (Å²) >= 11 is 0. The van der Waals surface area contributed by atoms with E-state index in [1.807, 2.05) is 26.8 Å². The Morgan fingerprint density at radius 1 is 1.25 bits per heavy atom. The number of aryl methyl sites for hydroxylation is 1. The van der Waals surface area contributed by atoms with Gasteiger partial charge < -0.3 is 10.2 Å². The van der Waals surface area contributed by atoms with Gasteiger partial charge in [0.05, 0.1) is 11.4 Å². The Morgan fingerprint density at radius 2 is 2.04 bits per heavy atom. The maximum absolute atomic E-state index is 12.9. The number of anilines is 2. The molecule has 1 atom stereocenters. The lowest BCUT2D eigenvalue weighted by Crippen LogP contribution is -2.32. The fourth-order valence-corrected chi connectivity index (χ4v) is 3.35. The van der Waals surface area contributed by atoms with Gasteiger partial charge in [0.2, 0.25) is 0 Å². The molecule has 2 aliphatic rings. The maximum atomic E-state index is 12.9. The Hall–Kier alpha value is -2.17. The average Bonchev–Trinajstić information content (AvgIpc) is 3.00. The summed E-state index contributed by atoms with van der Waals surface area (Å²) in [6, 6.07) is 9.05. The third-order valence-electron chi connectivity index (χ3n) is 4.47. The topological polar surface area (TPSA) is 28.2 Å². The summed E-state index contributed by atoms with van der Waals surface area (Å²) in [5.41, 5.74) is 3.69. The molecule has 0 saturated carbocycles. The van der Waals surface area contributed by atoms with Crippen LogP contribution in [0.15, 0.2) is 30.3 Å². The van der Waals surface area contributed by atoms with Crippen molar-refractivity contribution in [2.75, 3.05) is 23.3 Å². The highest BCUT2D eigenvalue weighted by Gasteiger charge is 2.31. The molecular formula is C19H23F2N3. The fourth-order valence-electron chi connectivity index (χ4n) is 3.35. The Balaban J connectivity index is 0.000000815. The van der Waals surface area contributed by atoms with Crippen molar-refractivity contribution >= 4 is 11.5 Å². The van der Waals surface area contributed by atoms with Gasteiger partial charge >= 0.3 is 0 Å². The van der Waals surface area contributed by atoms with Gasteiger partial charge in [-0.1, -0.05) is 32.0 Å². The van der Waals surface area contributed by atoms with E-state index in [-0.39, 0.29) is 5.56 Å². The summed E-state index contributed by atoms with van der Waals surface area (Å²) in [7, 11) is 0. The minimum atomic E-state index is -2.46. The molecule has 0 aliphatic carbocycles. The molecule has 0 amide bonds. The molecule has 1 aromatic heterocycles. The zero-order chi connectivity index (χ0) is 17.3. The molecule has 1 fully saturated rings. The zero-order valence-electron chi connectivity index (χ0n) is 14.3. The first kappa shape index (κ1) is 16.7. The van der Waals surface area contributed by atoms with Crippen LogP contribution in [0, 0.1) is 6.92 Å². The van der Waals surface area contributed by atoms with Crippen molar-refractivity contribution < 1.29 is 8.78 Å². The summed E-state index contributed by atoms with van der Waals surface area (Å²) in [5.74, 6) is 0.872.